The molecule has 2 aromatic rings. The Hall–Kier alpha value is -2.63. The van der Waals surface area contributed by atoms with Crippen LogP contribution in [0.1, 0.15) is 24.2 Å². The van der Waals surface area contributed by atoms with E-state index in [0.717, 1.165) is 0 Å². The van der Waals surface area contributed by atoms with Crippen molar-refractivity contribution in [2.24, 2.45) is 5.92 Å². The van der Waals surface area contributed by atoms with Crippen LogP contribution in [0.4, 0.5) is 0 Å². The van der Waals surface area contributed by atoms with Crippen LogP contribution < -0.4 is 10.3 Å². The lowest BCUT2D eigenvalue weighted by Gasteiger charge is -2.11. The summed E-state index contributed by atoms with van der Waals surface area (Å²) in [5.41, 5.74) is 0.247. The highest BCUT2D eigenvalue weighted by atomic mass is 16.5. The fraction of sp³-hybridized carbons (Fsp3) is 0.312. The molecule has 6 nitrogen and oxygen atoms in total. The Labute approximate surface area is 128 Å². The molecule has 0 atom stereocenters. The number of ether oxygens (including phenoxy) is 1. The first-order chi connectivity index (χ1) is 10.4. The molecule has 22 heavy (non-hydrogen) atoms. The number of aromatic nitrogens is 2. The third kappa shape index (κ3) is 3.33. The third-order valence-electron chi connectivity index (χ3n) is 3.11. The van der Waals surface area contributed by atoms with E-state index in [1.54, 1.807) is 31.4 Å². The number of aromatic carboxylic acids is 1. The Bertz CT molecular complexity index is 750. The van der Waals surface area contributed by atoms with Crippen molar-refractivity contribution in [1.29, 1.82) is 0 Å². The molecule has 2 rings (SSSR count). The average molecular weight is 302 g/mol. The van der Waals surface area contributed by atoms with Gasteiger partial charge in [0.15, 0.2) is 0 Å². The zero-order valence-corrected chi connectivity index (χ0v) is 12.7. The van der Waals surface area contributed by atoms with Crippen LogP contribution in [0.25, 0.3) is 11.3 Å². The lowest BCUT2D eigenvalue weighted by atomic mass is 10.1. The number of methoxy groups -OCH3 is 1. The van der Waals surface area contributed by atoms with Crippen LogP contribution in [0.2, 0.25) is 0 Å². The molecule has 0 fully saturated rings. The Balaban J connectivity index is 2.62. The summed E-state index contributed by atoms with van der Waals surface area (Å²) in [6.45, 7) is 4.23. The molecule has 0 saturated carbocycles. The Morgan fingerprint density at radius 1 is 1.36 bits per heavy atom. The Morgan fingerprint density at radius 3 is 2.68 bits per heavy atom. The molecule has 1 aromatic heterocycles. The first kappa shape index (κ1) is 15.8. The zero-order chi connectivity index (χ0) is 16.3. The quantitative estimate of drug-likeness (QED) is 0.916. The lowest BCUT2D eigenvalue weighted by Crippen LogP contribution is -2.30. The molecule has 0 aliphatic rings. The van der Waals surface area contributed by atoms with E-state index in [1.165, 1.54) is 10.7 Å². The molecule has 0 amide bonds. The number of rotatable bonds is 5. The second-order valence-corrected chi connectivity index (χ2v) is 5.36. The summed E-state index contributed by atoms with van der Waals surface area (Å²) in [7, 11) is 1.55. The van der Waals surface area contributed by atoms with Crippen LogP contribution in [0.3, 0.4) is 0 Å². The maximum atomic E-state index is 12.1. The van der Waals surface area contributed by atoms with Crippen LogP contribution in [-0.4, -0.2) is 28.0 Å². The van der Waals surface area contributed by atoms with E-state index in [0.29, 0.717) is 23.6 Å². The van der Waals surface area contributed by atoms with Crippen molar-refractivity contribution < 1.29 is 14.6 Å². The van der Waals surface area contributed by atoms with E-state index < -0.39 is 11.5 Å². The van der Waals surface area contributed by atoms with Gasteiger partial charge in [0.05, 0.1) is 12.8 Å². The van der Waals surface area contributed by atoms with Crippen molar-refractivity contribution >= 4 is 5.97 Å². The van der Waals surface area contributed by atoms with E-state index in [1.807, 2.05) is 13.8 Å². The summed E-state index contributed by atoms with van der Waals surface area (Å²) >= 11 is 0. The minimum atomic E-state index is -1.26. The fourth-order valence-corrected chi connectivity index (χ4v) is 2.09. The molecule has 1 heterocycles. The second kappa shape index (κ2) is 6.43. The topological polar surface area (TPSA) is 81.4 Å². The molecule has 0 saturated heterocycles. The Kier molecular flexibility index (Phi) is 4.60. The van der Waals surface area contributed by atoms with Crippen molar-refractivity contribution in [3.8, 4) is 17.0 Å². The maximum absolute atomic E-state index is 12.1. The van der Waals surface area contributed by atoms with Gasteiger partial charge in [-0.3, -0.25) is 4.79 Å². The van der Waals surface area contributed by atoms with Gasteiger partial charge in [-0.05, 0) is 24.1 Å². The highest BCUT2D eigenvalue weighted by molar-refractivity contribution is 5.88. The summed E-state index contributed by atoms with van der Waals surface area (Å²) in [5.74, 6) is -0.445. The van der Waals surface area contributed by atoms with Gasteiger partial charge in [-0.25, -0.2) is 9.48 Å². The summed E-state index contributed by atoms with van der Waals surface area (Å²) in [4.78, 5) is 23.4. The van der Waals surface area contributed by atoms with Gasteiger partial charge in [0.25, 0.3) is 5.56 Å². The molecule has 1 N–H and O–H groups in total. The van der Waals surface area contributed by atoms with Gasteiger partial charge in [0.1, 0.15) is 11.3 Å². The molecule has 0 aliphatic carbocycles. The van der Waals surface area contributed by atoms with Crippen molar-refractivity contribution in [3.05, 3.63) is 46.2 Å². The van der Waals surface area contributed by atoms with E-state index in [2.05, 4.69) is 5.10 Å². The van der Waals surface area contributed by atoms with Crippen LogP contribution in [0.15, 0.2) is 35.1 Å². The van der Waals surface area contributed by atoms with Crippen LogP contribution in [0, 0.1) is 5.92 Å². The van der Waals surface area contributed by atoms with Crippen LogP contribution in [-0.2, 0) is 6.54 Å². The molecule has 0 bridgehead atoms. The van der Waals surface area contributed by atoms with E-state index in [4.69, 9.17) is 4.74 Å². The first-order valence-electron chi connectivity index (χ1n) is 6.92. The summed E-state index contributed by atoms with van der Waals surface area (Å²) < 4.78 is 6.37. The molecule has 0 unspecified atom stereocenters. The van der Waals surface area contributed by atoms with Gasteiger partial charge < -0.3 is 9.84 Å². The monoisotopic (exact) mass is 302 g/mol. The van der Waals surface area contributed by atoms with Crippen molar-refractivity contribution in [2.45, 2.75) is 20.4 Å². The van der Waals surface area contributed by atoms with Crippen molar-refractivity contribution in [3.63, 3.8) is 0 Å². The molecular formula is C16H18N2O4. The molecule has 116 valence electrons. The summed E-state index contributed by atoms with van der Waals surface area (Å²) in [6.07, 6.45) is 0. The van der Waals surface area contributed by atoms with Crippen molar-refractivity contribution in [2.75, 3.05) is 7.11 Å². The summed E-state index contributed by atoms with van der Waals surface area (Å²) in [5, 5.41) is 13.5. The van der Waals surface area contributed by atoms with Gasteiger partial charge in [-0.1, -0.05) is 26.0 Å². The van der Waals surface area contributed by atoms with Crippen LogP contribution in [0.5, 0.6) is 5.75 Å². The SMILES string of the molecule is COc1cccc(-c2cc(C(=O)O)c(=O)n(CC(C)C)n2)c1. The number of hydrogen-bond acceptors (Lipinski definition) is 4. The van der Waals surface area contributed by atoms with Crippen LogP contribution >= 0.6 is 0 Å². The molecule has 0 spiro atoms. The average Bonchev–Trinajstić information content (AvgIpc) is 2.48. The second-order valence-electron chi connectivity index (χ2n) is 5.36. The molecular weight excluding hydrogens is 284 g/mol. The summed E-state index contributed by atoms with van der Waals surface area (Å²) in [6, 6.07) is 8.41. The van der Waals surface area contributed by atoms with Gasteiger partial charge in [0.2, 0.25) is 0 Å². The fourth-order valence-electron chi connectivity index (χ4n) is 2.09. The smallest absolute Gasteiger partial charge is 0.341 e. The van der Waals surface area contributed by atoms with Crippen molar-refractivity contribution in [1.82, 2.24) is 9.78 Å². The molecule has 0 aliphatic heterocycles. The number of benzene rings is 1. The standard InChI is InChI=1S/C16H18N2O4/c1-10(2)9-18-15(19)13(16(20)21)8-14(17-18)11-5-4-6-12(7-11)22-3/h4-8,10H,9H2,1-3H3,(H,20,21). The highest BCUT2D eigenvalue weighted by Crippen LogP contribution is 2.22. The Morgan fingerprint density at radius 2 is 2.09 bits per heavy atom. The van der Waals surface area contributed by atoms with Gasteiger partial charge >= 0.3 is 5.97 Å². The largest absolute Gasteiger partial charge is 0.497 e. The predicted octanol–water partition coefficient (Wildman–Crippen LogP) is 2.27. The van der Waals surface area contributed by atoms with E-state index >= 15 is 0 Å². The molecule has 0 radical (unpaired) electrons. The number of hydrogen-bond donors (Lipinski definition) is 1. The first-order valence-corrected chi connectivity index (χ1v) is 6.92. The molecule has 6 heteroatoms. The maximum Gasteiger partial charge on any atom is 0.341 e. The van der Waals surface area contributed by atoms with Gasteiger partial charge in [-0.2, -0.15) is 5.10 Å². The zero-order valence-electron chi connectivity index (χ0n) is 12.7. The lowest BCUT2D eigenvalue weighted by molar-refractivity contribution is 0.0693. The third-order valence-corrected chi connectivity index (χ3v) is 3.11. The van der Waals surface area contributed by atoms with Gasteiger partial charge in [-0.15, -0.1) is 0 Å². The number of carbonyl (C=O) groups is 1. The predicted molar refractivity (Wildman–Crippen MR) is 82.3 cm³/mol. The molecule has 1 aromatic carbocycles. The van der Waals surface area contributed by atoms with E-state index in [9.17, 15) is 14.7 Å². The van der Waals surface area contributed by atoms with Gasteiger partial charge in [0, 0.05) is 12.1 Å². The minimum Gasteiger partial charge on any atom is -0.497 e. The number of carboxylic acids is 1. The normalized spacial score (nSPS) is 10.7. The number of carboxylic acid groups (broad SMARTS) is 1. The van der Waals surface area contributed by atoms with E-state index in [-0.39, 0.29) is 11.5 Å². The highest BCUT2D eigenvalue weighted by Gasteiger charge is 2.16. The number of nitrogens with zero attached hydrogens (tertiary/aromatic N) is 2. The minimum absolute atomic E-state index is 0.174.